The van der Waals surface area contributed by atoms with E-state index in [0.29, 0.717) is 17.7 Å². The van der Waals surface area contributed by atoms with Gasteiger partial charge < -0.3 is 0 Å². The van der Waals surface area contributed by atoms with Crippen LogP contribution >= 0.6 is 0 Å². The molecule has 0 radical (unpaired) electrons. The molecule has 0 amide bonds. The summed E-state index contributed by atoms with van der Waals surface area (Å²) in [5.74, 6) is -1.71. The maximum absolute atomic E-state index is 14.7. The number of sulfone groups is 1. The predicted molar refractivity (Wildman–Crippen MR) is 136 cm³/mol. The molecule has 0 saturated heterocycles. The third-order valence-corrected chi connectivity index (χ3v) is 10.6. The molecule has 1 fully saturated rings. The van der Waals surface area contributed by atoms with Crippen LogP contribution in [0.1, 0.15) is 54.1 Å². The zero-order valence-corrected chi connectivity index (χ0v) is 22.8. The highest BCUT2D eigenvalue weighted by Gasteiger charge is 2.73. The summed E-state index contributed by atoms with van der Waals surface area (Å²) in [5.41, 5.74) is -7.21. The van der Waals surface area contributed by atoms with Crippen LogP contribution in [-0.2, 0) is 20.3 Å². The summed E-state index contributed by atoms with van der Waals surface area (Å²) in [7, 11) is -4.44. The summed E-state index contributed by atoms with van der Waals surface area (Å²) in [6, 6.07) is 9.14. The van der Waals surface area contributed by atoms with Gasteiger partial charge in [-0.05, 0) is 73.1 Å². The monoisotopic (exact) mass is 619 g/mol. The van der Waals surface area contributed by atoms with E-state index >= 15 is 0 Å². The molecule has 4 rings (SSSR count). The third kappa shape index (κ3) is 5.43. The van der Waals surface area contributed by atoms with Crippen molar-refractivity contribution in [3.05, 3.63) is 95.6 Å². The smallest absolute Gasteiger partial charge is 0.294 e. The number of hydrogen-bond acceptors (Lipinski definition) is 4. The van der Waals surface area contributed by atoms with Gasteiger partial charge in [-0.2, -0.15) is 26.3 Å². The predicted octanol–water partition coefficient (Wildman–Crippen LogP) is 7.89. The van der Waals surface area contributed by atoms with Gasteiger partial charge in [-0.25, -0.2) is 17.2 Å². The maximum atomic E-state index is 14.7. The number of rotatable bonds is 7. The highest BCUT2D eigenvalue weighted by molar-refractivity contribution is 7.92. The molecule has 0 bridgehead atoms. The van der Waals surface area contributed by atoms with Crippen molar-refractivity contribution >= 4 is 15.6 Å². The third-order valence-electron chi connectivity index (χ3n) is 8.03. The standard InChI is InChI=1S/C29H25F8NO3S/c1-18-16-26(42(40,41)24-10-8-23(30)9-11-24,13-12-19(18)15-25(39)20-3-2-14-38-17-20)21-4-6-22(7-5-21)27(31,28(32,33)34)29(35,36)37/h2-11,14,17-19H,12-13,15-16H2,1H3/t18-,19?,26-/m1/s1. The largest absolute Gasteiger partial charge is 0.435 e. The second kappa shape index (κ2) is 11.1. The number of carbonyl (C=O) groups excluding carboxylic acids is 1. The first-order valence-corrected chi connectivity index (χ1v) is 14.3. The molecule has 3 atom stereocenters. The molecule has 2 aromatic carbocycles. The van der Waals surface area contributed by atoms with Gasteiger partial charge >= 0.3 is 18.0 Å². The Morgan fingerprint density at radius 3 is 2.02 bits per heavy atom. The fraction of sp³-hybridized carbons (Fsp3) is 0.379. The molecular weight excluding hydrogens is 594 g/mol. The van der Waals surface area contributed by atoms with Crippen molar-refractivity contribution in [3.8, 4) is 0 Å². The number of benzene rings is 2. The minimum Gasteiger partial charge on any atom is -0.294 e. The zero-order valence-electron chi connectivity index (χ0n) is 22.0. The van der Waals surface area contributed by atoms with Gasteiger partial charge in [0.2, 0.25) is 0 Å². The molecule has 4 nitrogen and oxygen atoms in total. The van der Waals surface area contributed by atoms with Crippen LogP contribution in [0, 0.1) is 17.7 Å². The average Bonchev–Trinajstić information content (AvgIpc) is 2.93. The number of carbonyl (C=O) groups is 1. The first kappa shape index (κ1) is 31.6. The molecule has 1 aliphatic carbocycles. The van der Waals surface area contributed by atoms with Crippen LogP contribution in [0.25, 0.3) is 0 Å². The molecule has 226 valence electrons. The van der Waals surface area contributed by atoms with Crippen LogP contribution < -0.4 is 0 Å². The van der Waals surface area contributed by atoms with Crippen molar-refractivity contribution in [2.45, 2.75) is 60.3 Å². The molecule has 0 aliphatic heterocycles. The zero-order chi connectivity index (χ0) is 31.1. The van der Waals surface area contributed by atoms with E-state index < -0.39 is 49.9 Å². The molecular formula is C29H25F8NO3S. The van der Waals surface area contributed by atoms with Crippen molar-refractivity contribution in [1.29, 1.82) is 0 Å². The van der Waals surface area contributed by atoms with E-state index in [0.717, 1.165) is 36.4 Å². The lowest BCUT2D eigenvalue weighted by atomic mass is 9.70. The Morgan fingerprint density at radius 1 is 0.929 bits per heavy atom. The minimum absolute atomic E-state index is 0.0556. The average molecular weight is 620 g/mol. The summed E-state index contributed by atoms with van der Waals surface area (Å²) in [4.78, 5) is 16.4. The molecule has 0 spiro atoms. The van der Waals surface area contributed by atoms with Crippen molar-refractivity contribution in [2.24, 2.45) is 11.8 Å². The van der Waals surface area contributed by atoms with E-state index in [9.17, 15) is 48.3 Å². The van der Waals surface area contributed by atoms with Crippen molar-refractivity contribution in [1.82, 2.24) is 4.98 Å². The molecule has 1 unspecified atom stereocenters. The molecule has 1 heterocycles. The number of hydrogen-bond donors (Lipinski definition) is 0. The van der Waals surface area contributed by atoms with Gasteiger partial charge in [0.25, 0.3) is 0 Å². The second-order valence-electron chi connectivity index (χ2n) is 10.5. The van der Waals surface area contributed by atoms with Gasteiger partial charge in [0, 0.05) is 29.9 Å². The first-order valence-electron chi connectivity index (χ1n) is 12.8. The van der Waals surface area contributed by atoms with E-state index in [1.54, 1.807) is 19.1 Å². The van der Waals surface area contributed by atoms with Gasteiger partial charge in [-0.15, -0.1) is 0 Å². The van der Waals surface area contributed by atoms with E-state index in [2.05, 4.69) is 4.98 Å². The summed E-state index contributed by atoms with van der Waals surface area (Å²) < 4.78 is 135. The van der Waals surface area contributed by atoms with Crippen LogP contribution in [0.4, 0.5) is 35.1 Å². The number of halogens is 8. The van der Waals surface area contributed by atoms with Gasteiger partial charge in [-0.3, -0.25) is 9.78 Å². The van der Waals surface area contributed by atoms with Gasteiger partial charge in [-0.1, -0.05) is 31.2 Å². The number of ketones is 1. The first-order chi connectivity index (χ1) is 19.4. The van der Waals surface area contributed by atoms with E-state index in [4.69, 9.17) is 0 Å². The number of nitrogens with zero attached hydrogens (tertiary/aromatic N) is 1. The number of Topliss-reactive ketones (excluding diaryl/α,β-unsaturated/α-hetero) is 1. The highest BCUT2D eigenvalue weighted by Crippen LogP contribution is 2.55. The van der Waals surface area contributed by atoms with Crippen LogP contribution in [0.3, 0.4) is 0 Å². The number of alkyl halides is 7. The maximum Gasteiger partial charge on any atom is 0.435 e. The normalized spacial score (nSPS) is 22.1. The highest BCUT2D eigenvalue weighted by atomic mass is 32.2. The van der Waals surface area contributed by atoms with Gasteiger partial charge in [0.05, 0.1) is 4.90 Å². The lowest BCUT2D eigenvalue weighted by molar-refractivity contribution is -0.348. The summed E-state index contributed by atoms with van der Waals surface area (Å²) in [6.07, 6.45) is -9.87. The molecule has 3 aromatic rings. The minimum atomic E-state index is -6.34. The molecule has 13 heteroatoms. The van der Waals surface area contributed by atoms with Gasteiger partial charge in [0.15, 0.2) is 15.6 Å². The number of aromatic nitrogens is 1. The van der Waals surface area contributed by atoms with E-state index in [1.165, 1.54) is 12.4 Å². The summed E-state index contributed by atoms with van der Waals surface area (Å²) in [5, 5.41) is 0. The lowest BCUT2D eigenvalue weighted by Crippen LogP contribution is -2.50. The topological polar surface area (TPSA) is 64.1 Å². The van der Waals surface area contributed by atoms with Crippen molar-refractivity contribution < 1.29 is 48.3 Å². The quantitative estimate of drug-likeness (QED) is 0.153. The Labute approximate surface area is 236 Å². The molecule has 1 aliphatic rings. The fourth-order valence-electron chi connectivity index (χ4n) is 5.67. The molecule has 42 heavy (non-hydrogen) atoms. The molecule has 1 saturated carbocycles. The Bertz CT molecular complexity index is 1510. The van der Waals surface area contributed by atoms with Crippen LogP contribution in [0.15, 0.2) is 78.0 Å². The molecule has 1 aromatic heterocycles. The summed E-state index contributed by atoms with van der Waals surface area (Å²) in [6.45, 7) is 1.70. The van der Waals surface area contributed by atoms with Gasteiger partial charge in [0.1, 0.15) is 10.6 Å². The van der Waals surface area contributed by atoms with Crippen LogP contribution in [0.5, 0.6) is 0 Å². The van der Waals surface area contributed by atoms with Crippen molar-refractivity contribution in [2.75, 3.05) is 0 Å². The Hall–Kier alpha value is -3.35. The Balaban J connectivity index is 1.77. The SMILES string of the molecule is C[C@@H]1C[C@](c2ccc(C(F)(C(F)(F)F)C(F)(F)F)cc2)(S(=O)(=O)c2ccc(F)cc2)CCC1CC(=O)c1cccnc1. The van der Waals surface area contributed by atoms with E-state index in [-0.39, 0.29) is 47.8 Å². The Kier molecular flexibility index (Phi) is 8.31. The molecule has 0 N–H and O–H groups in total. The second-order valence-corrected chi connectivity index (χ2v) is 12.8. The van der Waals surface area contributed by atoms with E-state index in [1.807, 2.05) is 0 Å². The summed E-state index contributed by atoms with van der Waals surface area (Å²) >= 11 is 0. The lowest BCUT2D eigenvalue weighted by Gasteiger charge is -2.43. The number of pyridine rings is 1. The Morgan fingerprint density at radius 2 is 1.52 bits per heavy atom. The van der Waals surface area contributed by atoms with Crippen LogP contribution in [0.2, 0.25) is 0 Å². The fourth-order valence-corrected chi connectivity index (χ4v) is 7.93. The van der Waals surface area contributed by atoms with Crippen LogP contribution in [-0.4, -0.2) is 31.5 Å². The van der Waals surface area contributed by atoms with Crippen molar-refractivity contribution in [3.63, 3.8) is 0 Å².